The summed E-state index contributed by atoms with van der Waals surface area (Å²) in [5.74, 6) is 0. The average molecular weight is 300 g/mol. The van der Waals surface area contributed by atoms with Crippen LogP contribution >= 0.6 is 11.3 Å². The maximum Gasteiger partial charge on any atom is 0.123 e. The first-order chi connectivity index (χ1) is 10.2. The van der Waals surface area contributed by atoms with E-state index in [0.29, 0.717) is 6.04 Å². The normalized spacial score (nSPS) is 17.8. The van der Waals surface area contributed by atoms with E-state index in [9.17, 15) is 0 Å². The van der Waals surface area contributed by atoms with Crippen LogP contribution in [0.3, 0.4) is 0 Å². The molecule has 1 heterocycles. The molecule has 0 radical (unpaired) electrons. The maximum atomic E-state index is 4.94. The zero-order chi connectivity index (χ0) is 14.8. The van der Waals surface area contributed by atoms with Crippen molar-refractivity contribution in [2.45, 2.75) is 52.5 Å². The Balaban J connectivity index is 1.93. The third kappa shape index (κ3) is 3.19. The van der Waals surface area contributed by atoms with Gasteiger partial charge < -0.3 is 5.32 Å². The standard InChI is InChI=1S/C18H24N2S/c1-4-8-19-15-6-5-7-16-17(15)21-18(20-16)14-10-12(2)9-13(3)11-14/h9-11,15,19H,4-8H2,1-3H3. The van der Waals surface area contributed by atoms with Crippen molar-refractivity contribution in [3.63, 3.8) is 0 Å². The molecule has 112 valence electrons. The first-order valence-electron chi connectivity index (χ1n) is 7.99. The van der Waals surface area contributed by atoms with E-state index >= 15 is 0 Å². The average Bonchev–Trinajstić information content (AvgIpc) is 2.88. The van der Waals surface area contributed by atoms with E-state index in [1.54, 1.807) is 0 Å². The Morgan fingerprint density at radius 2 is 2.00 bits per heavy atom. The topological polar surface area (TPSA) is 24.9 Å². The van der Waals surface area contributed by atoms with Crippen LogP contribution in [-0.4, -0.2) is 11.5 Å². The molecule has 1 aromatic heterocycles. The van der Waals surface area contributed by atoms with E-state index in [1.807, 2.05) is 11.3 Å². The first-order valence-corrected chi connectivity index (χ1v) is 8.80. The predicted octanol–water partition coefficient (Wildman–Crippen LogP) is 4.80. The summed E-state index contributed by atoms with van der Waals surface area (Å²) in [7, 11) is 0. The Kier molecular flexibility index (Phi) is 4.41. The Labute approximate surface area is 131 Å². The highest BCUT2D eigenvalue weighted by Gasteiger charge is 2.24. The molecular weight excluding hydrogens is 276 g/mol. The summed E-state index contributed by atoms with van der Waals surface area (Å²) in [4.78, 5) is 6.42. The van der Waals surface area contributed by atoms with Gasteiger partial charge in [0, 0.05) is 16.5 Å². The van der Waals surface area contributed by atoms with Crippen LogP contribution in [0.15, 0.2) is 18.2 Å². The lowest BCUT2D eigenvalue weighted by molar-refractivity contribution is 0.465. The van der Waals surface area contributed by atoms with Crippen LogP contribution in [0.2, 0.25) is 0 Å². The van der Waals surface area contributed by atoms with Crippen molar-refractivity contribution in [3.05, 3.63) is 39.9 Å². The van der Waals surface area contributed by atoms with Gasteiger partial charge in [-0.25, -0.2) is 4.98 Å². The minimum absolute atomic E-state index is 0.519. The Morgan fingerprint density at radius 1 is 1.24 bits per heavy atom. The van der Waals surface area contributed by atoms with Crippen LogP contribution in [0.1, 0.15) is 53.9 Å². The van der Waals surface area contributed by atoms with Gasteiger partial charge in [0.25, 0.3) is 0 Å². The molecule has 0 saturated heterocycles. The fourth-order valence-corrected chi connectivity index (χ4v) is 4.36. The zero-order valence-electron chi connectivity index (χ0n) is 13.2. The van der Waals surface area contributed by atoms with Crippen LogP contribution in [0.5, 0.6) is 0 Å². The summed E-state index contributed by atoms with van der Waals surface area (Å²) in [6.07, 6.45) is 4.83. The van der Waals surface area contributed by atoms with Crippen molar-refractivity contribution in [2.75, 3.05) is 6.54 Å². The fourth-order valence-electron chi connectivity index (χ4n) is 3.15. The molecular formula is C18H24N2S. The number of rotatable bonds is 4. The molecule has 21 heavy (non-hydrogen) atoms. The number of aryl methyl sites for hydroxylation is 3. The van der Waals surface area contributed by atoms with E-state index in [1.165, 1.54) is 51.5 Å². The van der Waals surface area contributed by atoms with Gasteiger partial charge in [-0.3, -0.25) is 0 Å². The molecule has 1 aliphatic carbocycles. The monoisotopic (exact) mass is 300 g/mol. The smallest absolute Gasteiger partial charge is 0.123 e. The van der Waals surface area contributed by atoms with Crippen LogP contribution in [0.25, 0.3) is 10.6 Å². The number of fused-ring (bicyclic) bond motifs is 1. The molecule has 0 aliphatic heterocycles. The van der Waals surface area contributed by atoms with Crippen LogP contribution in [-0.2, 0) is 6.42 Å². The number of nitrogens with zero attached hydrogens (tertiary/aromatic N) is 1. The minimum atomic E-state index is 0.519. The molecule has 2 nitrogen and oxygen atoms in total. The molecule has 0 fully saturated rings. The summed E-state index contributed by atoms with van der Waals surface area (Å²) in [5, 5.41) is 4.88. The third-order valence-corrected chi connectivity index (χ3v) is 5.32. The number of benzene rings is 1. The van der Waals surface area contributed by atoms with Crippen molar-refractivity contribution < 1.29 is 0 Å². The highest BCUT2D eigenvalue weighted by Crippen LogP contribution is 2.38. The molecule has 3 rings (SSSR count). The van der Waals surface area contributed by atoms with Gasteiger partial charge in [-0.2, -0.15) is 0 Å². The second kappa shape index (κ2) is 6.29. The summed E-state index contributed by atoms with van der Waals surface area (Å²) in [5.41, 5.74) is 5.24. The van der Waals surface area contributed by atoms with Crippen molar-refractivity contribution in [2.24, 2.45) is 0 Å². The maximum absolute atomic E-state index is 4.94. The third-order valence-electron chi connectivity index (χ3n) is 4.06. The molecule has 1 N–H and O–H groups in total. The summed E-state index contributed by atoms with van der Waals surface area (Å²) < 4.78 is 0. The highest BCUT2D eigenvalue weighted by molar-refractivity contribution is 7.15. The summed E-state index contributed by atoms with van der Waals surface area (Å²) >= 11 is 1.89. The van der Waals surface area contributed by atoms with Gasteiger partial charge in [0.05, 0.1) is 5.69 Å². The second-order valence-corrected chi connectivity index (χ2v) is 7.14. The summed E-state index contributed by atoms with van der Waals surface area (Å²) in [6, 6.07) is 7.26. The molecule has 0 amide bonds. The summed E-state index contributed by atoms with van der Waals surface area (Å²) in [6.45, 7) is 7.65. The van der Waals surface area contributed by atoms with Crippen LogP contribution < -0.4 is 5.32 Å². The number of hydrogen-bond acceptors (Lipinski definition) is 3. The fraction of sp³-hybridized carbons (Fsp3) is 0.500. The van der Waals surface area contributed by atoms with Crippen molar-refractivity contribution in [1.29, 1.82) is 0 Å². The van der Waals surface area contributed by atoms with Gasteiger partial charge in [-0.15, -0.1) is 11.3 Å². The molecule has 1 aliphatic rings. The number of hydrogen-bond donors (Lipinski definition) is 1. The molecule has 0 bridgehead atoms. The molecule has 1 unspecified atom stereocenters. The van der Waals surface area contributed by atoms with Crippen molar-refractivity contribution >= 4 is 11.3 Å². The molecule has 0 saturated carbocycles. The second-order valence-electron chi connectivity index (χ2n) is 6.11. The lowest BCUT2D eigenvalue weighted by atomic mass is 9.98. The lowest BCUT2D eigenvalue weighted by Gasteiger charge is -2.22. The number of aromatic nitrogens is 1. The Hall–Kier alpha value is -1.19. The Morgan fingerprint density at radius 3 is 2.71 bits per heavy atom. The first kappa shape index (κ1) is 14.7. The van der Waals surface area contributed by atoms with E-state index in [0.717, 1.165) is 13.0 Å². The number of nitrogens with one attached hydrogen (secondary N) is 1. The lowest BCUT2D eigenvalue weighted by Crippen LogP contribution is -2.24. The molecule has 0 spiro atoms. The van der Waals surface area contributed by atoms with Gasteiger partial charge >= 0.3 is 0 Å². The van der Waals surface area contributed by atoms with Gasteiger partial charge in [0.15, 0.2) is 0 Å². The van der Waals surface area contributed by atoms with E-state index < -0.39 is 0 Å². The van der Waals surface area contributed by atoms with Gasteiger partial charge in [0.2, 0.25) is 0 Å². The van der Waals surface area contributed by atoms with Crippen LogP contribution in [0.4, 0.5) is 0 Å². The van der Waals surface area contributed by atoms with E-state index in [2.05, 4.69) is 44.3 Å². The molecule has 3 heteroatoms. The van der Waals surface area contributed by atoms with Crippen molar-refractivity contribution in [3.8, 4) is 10.6 Å². The predicted molar refractivity (Wildman–Crippen MR) is 91.0 cm³/mol. The van der Waals surface area contributed by atoms with Crippen molar-refractivity contribution in [1.82, 2.24) is 10.3 Å². The SMILES string of the molecule is CCCNC1CCCc2nc(-c3cc(C)cc(C)c3)sc21. The van der Waals surface area contributed by atoms with Crippen LogP contribution in [0, 0.1) is 13.8 Å². The van der Waals surface area contributed by atoms with Gasteiger partial charge in [-0.1, -0.05) is 24.1 Å². The molecule has 2 aromatic rings. The van der Waals surface area contributed by atoms with E-state index in [4.69, 9.17) is 4.98 Å². The minimum Gasteiger partial charge on any atom is -0.309 e. The zero-order valence-corrected chi connectivity index (χ0v) is 14.0. The Bertz CT molecular complexity index is 610. The number of thiazole rings is 1. The quantitative estimate of drug-likeness (QED) is 0.877. The van der Waals surface area contributed by atoms with Gasteiger partial charge in [-0.05, 0) is 58.2 Å². The molecule has 1 aromatic carbocycles. The van der Waals surface area contributed by atoms with E-state index in [-0.39, 0.29) is 0 Å². The van der Waals surface area contributed by atoms with Gasteiger partial charge in [0.1, 0.15) is 5.01 Å². The highest BCUT2D eigenvalue weighted by atomic mass is 32.1. The molecule has 1 atom stereocenters. The largest absolute Gasteiger partial charge is 0.309 e.